The van der Waals surface area contributed by atoms with Gasteiger partial charge >= 0.3 is 0 Å². The molecule has 0 aliphatic rings. The van der Waals surface area contributed by atoms with Crippen LogP contribution in [0.5, 0.6) is 0 Å². The molecule has 0 aliphatic heterocycles. The Morgan fingerprint density at radius 2 is 0.522 bits per heavy atom. The molecule has 0 unspecified atom stereocenters. The monoisotopic (exact) mass is 592 g/mol. The van der Waals surface area contributed by atoms with Gasteiger partial charge in [0, 0.05) is 34.1 Å². The van der Waals surface area contributed by atoms with E-state index in [1.807, 2.05) is 0 Å². The van der Waals surface area contributed by atoms with Crippen LogP contribution in [0, 0.1) is 13.8 Å². The number of hydrogen-bond donors (Lipinski definition) is 0. The lowest BCUT2D eigenvalue weighted by atomic mass is 9.99. The molecule has 0 heterocycles. The van der Waals surface area contributed by atoms with Crippen molar-refractivity contribution in [1.82, 2.24) is 0 Å². The van der Waals surface area contributed by atoms with E-state index in [-0.39, 0.29) is 0 Å². The number of nitrogens with zero attached hydrogens (tertiary/aromatic N) is 2. The van der Waals surface area contributed by atoms with E-state index < -0.39 is 0 Å². The lowest BCUT2D eigenvalue weighted by Gasteiger charge is -2.26. The van der Waals surface area contributed by atoms with Crippen molar-refractivity contribution in [1.29, 1.82) is 0 Å². The maximum atomic E-state index is 2.33. The first-order chi connectivity index (χ1) is 22.6. The van der Waals surface area contributed by atoms with Crippen molar-refractivity contribution in [2.45, 2.75) is 13.8 Å². The fourth-order valence-corrected chi connectivity index (χ4v) is 6.17. The smallest absolute Gasteiger partial charge is 0.0466 e. The number of benzene rings is 7. The van der Waals surface area contributed by atoms with Gasteiger partial charge in [0.2, 0.25) is 0 Å². The second kappa shape index (κ2) is 13.0. The molecule has 0 N–H and O–H groups in total. The van der Waals surface area contributed by atoms with Crippen LogP contribution in [0.25, 0.3) is 22.3 Å². The summed E-state index contributed by atoms with van der Waals surface area (Å²) >= 11 is 0. The Bertz CT molecular complexity index is 1960. The molecule has 0 saturated carbocycles. The van der Waals surface area contributed by atoms with E-state index in [2.05, 4.69) is 206 Å². The maximum absolute atomic E-state index is 2.33. The van der Waals surface area contributed by atoms with Crippen LogP contribution < -0.4 is 9.80 Å². The molecule has 0 atom stereocenters. The van der Waals surface area contributed by atoms with Crippen molar-refractivity contribution in [2.24, 2.45) is 0 Å². The van der Waals surface area contributed by atoms with Gasteiger partial charge in [-0.25, -0.2) is 0 Å². The normalized spacial score (nSPS) is 10.8. The highest BCUT2D eigenvalue weighted by Gasteiger charge is 2.14. The number of rotatable bonds is 8. The standard InChI is InChI=1S/C44H36N2/c1-33-30-34(2)32-44(31-33)46(41-16-10-5-11-17-41)43-28-24-38(25-29-43)36-20-18-35(19-21-36)37-22-26-42(27-23-37)45(39-12-6-3-7-13-39)40-14-8-4-9-15-40/h3-32H,1-2H3. The van der Waals surface area contributed by atoms with E-state index in [4.69, 9.17) is 0 Å². The molecular weight excluding hydrogens is 556 g/mol. The van der Waals surface area contributed by atoms with Crippen molar-refractivity contribution in [2.75, 3.05) is 9.80 Å². The minimum Gasteiger partial charge on any atom is -0.311 e. The van der Waals surface area contributed by atoms with Crippen molar-refractivity contribution in [3.8, 4) is 22.3 Å². The first-order valence-corrected chi connectivity index (χ1v) is 15.8. The molecule has 7 aromatic rings. The van der Waals surface area contributed by atoms with E-state index in [0.717, 1.165) is 28.4 Å². The highest BCUT2D eigenvalue weighted by molar-refractivity contribution is 5.81. The van der Waals surface area contributed by atoms with Crippen LogP contribution in [0.2, 0.25) is 0 Å². The van der Waals surface area contributed by atoms with Crippen LogP contribution in [0.15, 0.2) is 182 Å². The third-order valence-corrected chi connectivity index (χ3v) is 8.31. The third-order valence-electron chi connectivity index (χ3n) is 8.31. The van der Waals surface area contributed by atoms with Gasteiger partial charge in [-0.15, -0.1) is 0 Å². The molecule has 0 aliphatic carbocycles. The maximum Gasteiger partial charge on any atom is 0.0466 e. The summed E-state index contributed by atoms with van der Waals surface area (Å²) in [4.78, 5) is 4.61. The lowest BCUT2D eigenvalue weighted by Crippen LogP contribution is -2.10. The van der Waals surface area contributed by atoms with Crippen molar-refractivity contribution < 1.29 is 0 Å². The quantitative estimate of drug-likeness (QED) is 0.173. The number of anilines is 6. The summed E-state index contributed by atoms with van der Waals surface area (Å²) in [6, 6.07) is 64.9. The Morgan fingerprint density at radius 3 is 0.848 bits per heavy atom. The average Bonchev–Trinajstić information content (AvgIpc) is 3.10. The molecule has 0 bridgehead atoms. The summed E-state index contributed by atoms with van der Waals surface area (Å²) in [5.41, 5.74) is 14.1. The molecule has 0 fully saturated rings. The van der Waals surface area contributed by atoms with Crippen LogP contribution in [-0.4, -0.2) is 0 Å². The molecule has 2 nitrogen and oxygen atoms in total. The fourth-order valence-electron chi connectivity index (χ4n) is 6.17. The molecule has 0 amide bonds. The first-order valence-electron chi connectivity index (χ1n) is 15.8. The van der Waals surface area contributed by atoms with Gasteiger partial charge in [0.25, 0.3) is 0 Å². The second-order valence-electron chi connectivity index (χ2n) is 11.7. The molecule has 0 saturated heterocycles. The molecule has 0 spiro atoms. The molecule has 46 heavy (non-hydrogen) atoms. The zero-order valence-electron chi connectivity index (χ0n) is 26.2. The molecular formula is C44H36N2. The van der Waals surface area contributed by atoms with Gasteiger partial charge in [-0.1, -0.05) is 109 Å². The van der Waals surface area contributed by atoms with Gasteiger partial charge in [0.15, 0.2) is 0 Å². The number of hydrogen-bond acceptors (Lipinski definition) is 2. The van der Waals surface area contributed by atoms with Gasteiger partial charge in [0.05, 0.1) is 0 Å². The Balaban J connectivity index is 1.13. The Kier molecular flexibility index (Phi) is 8.17. The van der Waals surface area contributed by atoms with E-state index in [9.17, 15) is 0 Å². The van der Waals surface area contributed by atoms with Gasteiger partial charge in [-0.3, -0.25) is 0 Å². The minimum absolute atomic E-state index is 1.13. The molecule has 222 valence electrons. The van der Waals surface area contributed by atoms with Crippen molar-refractivity contribution in [3.63, 3.8) is 0 Å². The van der Waals surface area contributed by atoms with Gasteiger partial charge in [0.1, 0.15) is 0 Å². The summed E-state index contributed by atoms with van der Waals surface area (Å²) in [5, 5.41) is 0. The van der Waals surface area contributed by atoms with Crippen LogP contribution in [-0.2, 0) is 0 Å². The topological polar surface area (TPSA) is 6.48 Å². The fraction of sp³-hybridized carbons (Fsp3) is 0.0455. The van der Waals surface area contributed by atoms with Gasteiger partial charge in [-0.05, 0) is 120 Å². The first kappa shape index (κ1) is 28.9. The average molecular weight is 593 g/mol. The second-order valence-corrected chi connectivity index (χ2v) is 11.7. The van der Waals surface area contributed by atoms with E-state index in [1.54, 1.807) is 0 Å². The van der Waals surface area contributed by atoms with Crippen LogP contribution in [0.4, 0.5) is 34.1 Å². The highest BCUT2D eigenvalue weighted by Crippen LogP contribution is 2.38. The molecule has 2 heteroatoms. The number of para-hydroxylation sites is 3. The SMILES string of the molecule is Cc1cc(C)cc(N(c2ccccc2)c2ccc(-c3ccc(-c4ccc(N(c5ccccc5)c5ccccc5)cc4)cc3)cc2)c1. The largest absolute Gasteiger partial charge is 0.311 e. The summed E-state index contributed by atoms with van der Waals surface area (Å²) in [6.45, 7) is 4.32. The molecule has 7 aromatic carbocycles. The molecule has 0 aromatic heterocycles. The van der Waals surface area contributed by atoms with Gasteiger partial charge < -0.3 is 9.80 Å². The predicted octanol–water partition coefficient (Wildman–Crippen LogP) is 12.6. The Morgan fingerprint density at radius 1 is 0.261 bits per heavy atom. The van der Waals surface area contributed by atoms with E-state index >= 15 is 0 Å². The number of aryl methyl sites for hydroxylation is 2. The van der Waals surface area contributed by atoms with Crippen LogP contribution in [0.3, 0.4) is 0 Å². The summed E-state index contributed by atoms with van der Waals surface area (Å²) < 4.78 is 0. The Hall–Kier alpha value is -5.86. The zero-order valence-corrected chi connectivity index (χ0v) is 26.2. The van der Waals surface area contributed by atoms with Crippen molar-refractivity contribution in [3.05, 3.63) is 193 Å². The summed E-state index contributed by atoms with van der Waals surface area (Å²) in [5.74, 6) is 0. The summed E-state index contributed by atoms with van der Waals surface area (Å²) in [6.07, 6.45) is 0. The van der Waals surface area contributed by atoms with Crippen molar-refractivity contribution >= 4 is 34.1 Å². The molecule has 7 rings (SSSR count). The zero-order chi connectivity index (χ0) is 31.3. The van der Waals surface area contributed by atoms with E-state index in [0.29, 0.717) is 0 Å². The highest BCUT2D eigenvalue weighted by atomic mass is 15.1. The Labute approximate surface area is 272 Å². The minimum atomic E-state index is 1.13. The predicted molar refractivity (Wildman–Crippen MR) is 196 cm³/mol. The van der Waals surface area contributed by atoms with Gasteiger partial charge in [-0.2, -0.15) is 0 Å². The molecule has 0 radical (unpaired) electrons. The lowest BCUT2D eigenvalue weighted by molar-refractivity contribution is 1.25. The summed E-state index contributed by atoms with van der Waals surface area (Å²) in [7, 11) is 0. The van der Waals surface area contributed by atoms with Crippen LogP contribution >= 0.6 is 0 Å². The van der Waals surface area contributed by atoms with Crippen LogP contribution in [0.1, 0.15) is 11.1 Å². The van der Waals surface area contributed by atoms with E-state index in [1.165, 1.54) is 39.1 Å². The third kappa shape index (κ3) is 6.20.